The molecule has 3 heteroatoms. The van der Waals surface area contributed by atoms with Crippen molar-refractivity contribution in [2.75, 3.05) is 32.6 Å². The summed E-state index contributed by atoms with van der Waals surface area (Å²) in [4.78, 5) is 2.38. The molecule has 0 saturated heterocycles. The molecule has 0 aromatic carbocycles. The van der Waals surface area contributed by atoms with Crippen molar-refractivity contribution in [3.05, 3.63) is 0 Å². The Bertz CT molecular complexity index is 132. The Morgan fingerprint density at radius 3 is 2.50 bits per heavy atom. The normalized spacial score (nSPS) is 15.9. The lowest BCUT2D eigenvalue weighted by atomic mass is 10.1. The summed E-state index contributed by atoms with van der Waals surface area (Å²) in [6, 6.07) is 0.512. The highest BCUT2D eigenvalue weighted by molar-refractivity contribution is 9.09. The summed E-state index contributed by atoms with van der Waals surface area (Å²) >= 11 is 3.58. The van der Waals surface area contributed by atoms with Crippen LogP contribution in [0.5, 0.6) is 0 Å². The van der Waals surface area contributed by atoms with Crippen LogP contribution in [0.15, 0.2) is 0 Å². The van der Waals surface area contributed by atoms with Gasteiger partial charge < -0.3 is 9.64 Å². The Morgan fingerprint density at radius 1 is 1.43 bits per heavy atom. The molecule has 0 aliphatic carbocycles. The number of hydrogen-bond acceptors (Lipinski definition) is 2. The molecule has 0 fully saturated rings. The van der Waals surface area contributed by atoms with Crippen LogP contribution in [-0.2, 0) is 4.74 Å². The van der Waals surface area contributed by atoms with Gasteiger partial charge in [0.25, 0.3) is 0 Å². The van der Waals surface area contributed by atoms with Crippen molar-refractivity contribution in [2.24, 2.45) is 5.92 Å². The summed E-state index contributed by atoms with van der Waals surface area (Å²) in [6.07, 6.45) is 2.57. The van der Waals surface area contributed by atoms with Crippen molar-refractivity contribution in [3.8, 4) is 0 Å². The van der Waals surface area contributed by atoms with Crippen molar-refractivity contribution in [1.82, 2.24) is 4.90 Å². The van der Waals surface area contributed by atoms with Crippen LogP contribution in [-0.4, -0.2) is 43.6 Å². The lowest BCUT2D eigenvalue weighted by molar-refractivity contribution is 0.107. The minimum Gasteiger partial charge on any atom is -0.383 e. The van der Waals surface area contributed by atoms with E-state index in [1.165, 1.54) is 12.8 Å². The molecule has 0 aromatic rings. The fraction of sp³-hybridized carbons (Fsp3) is 1.00. The summed E-state index contributed by atoms with van der Waals surface area (Å²) < 4.78 is 5.15. The Morgan fingerprint density at radius 2 is 2.07 bits per heavy atom. The molecule has 86 valence electrons. The second-order valence-electron chi connectivity index (χ2n) is 4.05. The highest BCUT2D eigenvalue weighted by atomic mass is 79.9. The average molecular weight is 266 g/mol. The molecular weight excluding hydrogens is 242 g/mol. The number of methoxy groups -OCH3 is 1. The summed E-state index contributed by atoms with van der Waals surface area (Å²) in [5.74, 6) is 0.768. The molecule has 0 rings (SSSR count). The van der Waals surface area contributed by atoms with E-state index in [-0.39, 0.29) is 0 Å². The minimum atomic E-state index is 0.512. The zero-order valence-electron chi connectivity index (χ0n) is 9.92. The molecule has 0 saturated carbocycles. The molecule has 2 atom stereocenters. The van der Waals surface area contributed by atoms with Crippen LogP contribution < -0.4 is 0 Å². The van der Waals surface area contributed by atoms with Crippen molar-refractivity contribution in [3.63, 3.8) is 0 Å². The highest BCUT2D eigenvalue weighted by Gasteiger charge is 2.13. The maximum atomic E-state index is 5.15. The Balaban J connectivity index is 3.81. The van der Waals surface area contributed by atoms with E-state index in [4.69, 9.17) is 4.74 Å². The maximum absolute atomic E-state index is 5.15. The maximum Gasteiger partial charge on any atom is 0.0615 e. The van der Waals surface area contributed by atoms with Gasteiger partial charge >= 0.3 is 0 Å². The summed E-state index contributed by atoms with van der Waals surface area (Å²) in [5.41, 5.74) is 0. The molecule has 0 bridgehead atoms. The standard InChI is InChI=1S/C11H24BrNO/c1-5-6-11(7-12)8-13(3)10(2)9-14-4/h10-11H,5-9H2,1-4H3. The SMILES string of the molecule is CCCC(CBr)CN(C)C(C)COC. The molecule has 0 aliphatic heterocycles. The van der Waals surface area contributed by atoms with Crippen LogP contribution >= 0.6 is 15.9 Å². The first-order valence-corrected chi connectivity index (χ1v) is 6.52. The molecule has 0 spiro atoms. The van der Waals surface area contributed by atoms with Crippen molar-refractivity contribution < 1.29 is 4.74 Å². The topological polar surface area (TPSA) is 12.5 Å². The molecular formula is C11H24BrNO. The van der Waals surface area contributed by atoms with Crippen LogP contribution in [0.2, 0.25) is 0 Å². The van der Waals surface area contributed by atoms with Gasteiger partial charge in [0, 0.05) is 25.0 Å². The Labute approximate surface area is 97.1 Å². The third-order valence-corrected chi connectivity index (χ3v) is 3.54. The van der Waals surface area contributed by atoms with E-state index in [0.29, 0.717) is 6.04 Å². The van der Waals surface area contributed by atoms with Gasteiger partial charge in [-0.1, -0.05) is 29.3 Å². The van der Waals surface area contributed by atoms with E-state index in [1.807, 2.05) is 0 Å². The molecule has 0 radical (unpaired) electrons. The predicted octanol–water partition coefficient (Wildman–Crippen LogP) is 2.76. The fourth-order valence-electron chi connectivity index (χ4n) is 1.58. The van der Waals surface area contributed by atoms with Crippen LogP contribution in [0.25, 0.3) is 0 Å². The second-order valence-corrected chi connectivity index (χ2v) is 4.70. The van der Waals surface area contributed by atoms with Crippen molar-refractivity contribution >= 4 is 15.9 Å². The fourth-order valence-corrected chi connectivity index (χ4v) is 2.11. The van der Waals surface area contributed by atoms with Gasteiger partial charge in [0.05, 0.1) is 6.61 Å². The lowest BCUT2D eigenvalue weighted by Crippen LogP contribution is -2.36. The monoisotopic (exact) mass is 265 g/mol. The number of nitrogens with zero attached hydrogens (tertiary/aromatic N) is 1. The zero-order chi connectivity index (χ0) is 11.0. The third-order valence-electron chi connectivity index (χ3n) is 2.62. The van der Waals surface area contributed by atoms with E-state index >= 15 is 0 Å². The number of alkyl halides is 1. The summed E-state index contributed by atoms with van der Waals surface area (Å²) in [5, 5.41) is 1.10. The van der Waals surface area contributed by atoms with Gasteiger partial charge in [0.2, 0.25) is 0 Å². The highest BCUT2D eigenvalue weighted by Crippen LogP contribution is 2.12. The van der Waals surface area contributed by atoms with Gasteiger partial charge in [-0.3, -0.25) is 0 Å². The van der Waals surface area contributed by atoms with Gasteiger partial charge in [-0.2, -0.15) is 0 Å². The molecule has 14 heavy (non-hydrogen) atoms. The molecule has 0 amide bonds. The summed E-state index contributed by atoms with van der Waals surface area (Å²) in [6.45, 7) is 6.43. The molecule has 2 nitrogen and oxygen atoms in total. The number of likely N-dealkylation sites (N-methyl/N-ethyl adjacent to an activating group) is 1. The lowest BCUT2D eigenvalue weighted by Gasteiger charge is -2.27. The van der Waals surface area contributed by atoms with E-state index in [0.717, 1.165) is 24.4 Å². The molecule has 0 aliphatic rings. The van der Waals surface area contributed by atoms with Crippen LogP contribution in [0.4, 0.5) is 0 Å². The van der Waals surface area contributed by atoms with E-state index in [1.54, 1.807) is 7.11 Å². The quantitative estimate of drug-likeness (QED) is 0.626. The number of rotatable bonds is 8. The largest absolute Gasteiger partial charge is 0.383 e. The average Bonchev–Trinajstić information content (AvgIpc) is 2.17. The van der Waals surface area contributed by atoms with Crippen LogP contribution in [0.1, 0.15) is 26.7 Å². The zero-order valence-corrected chi connectivity index (χ0v) is 11.5. The number of halogens is 1. The van der Waals surface area contributed by atoms with Gasteiger partial charge in [-0.25, -0.2) is 0 Å². The smallest absolute Gasteiger partial charge is 0.0615 e. The first-order chi connectivity index (χ1) is 6.65. The molecule has 0 heterocycles. The van der Waals surface area contributed by atoms with Crippen molar-refractivity contribution in [1.29, 1.82) is 0 Å². The van der Waals surface area contributed by atoms with E-state index in [9.17, 15) is 0 Å². The third kappa shape index (κ3) is 5.99. The Hall–Kier alpha value is 0.400. The van der Waals surface area contributed by atoms with E-state index < -0.39 is 0 Å². The number of ether oxygens (including phenoxy) is 1. The van der Waals surface area contributed by atoms with E-state index in [2.05, 4.69) is 41.7 Å². The van der Waals surface area contributed by atoms with Crippen molar-refractivity contribution in [2.45, 2.75) is 32.7 Å². The van der Waals surface area contributed by atoms with Gasteiger partial charge in [0.15, 0.2) is 0 Å². The first kappa shape index (κ1) is 14.4. The second kappa shape index (κ2) is 8.69. The first-order valence-electron chi connectivity index (χ1n) is 5.40. The predicted molar refractivity (Wildman–Crippen MR) is 66.2 cm³/mol. The minimum absolute atomic E-state index is 0.512. The van der Waals surface area contributed by atoms with Gasteiger partial charge in [-0.15, -0.1) is 0 Å². The molecule has 2 unspecified atom stereocenters. The molecule has 0 aromatic heterocycles. The van der Waals surface area contributed by atoms with Gasteiger partial charge in [-0.05, 0) is 26.3 Å². The summed E-state index contributed by atoms with van der Waals surface area (Å²) in [7, 11) is 3.94. The van der Waals surface area contributed by atoms with Crippen LogP contribution in [0.3, 0.4) is 0 Å². The number of hydrogen-bond donors (Lipinski definition) is 0. The molecule has 0 N–H and O–H groups in total. The Kier molecular flexibility index (Phi) is 8.94. The van der Waals surface area contributed by atoms with Gasteiger partial charge in [0.1, 0.15) is 0 Å². The van der Waals surface area contributed by atoms with Crippen LogP contribution in [0, 0.1) is 5.92 Å².